The van der Waals surface area contributed by atoms with E-state index in [1.165, 1.54) is 11.1 Å². The summed E-state index contributed by atoms with van der Waals surface area (Å²) in [5, 5.41) is 4.40. The molecular weight excluding hydrogens is 276 g/mol. The fourth-order valence-corrected chi connectivity index (χ4v) is 2.99. The van der Waals surface area contributed by atoms with Crippen molar-refractivity contribution >= 4 is 5.91 Å². The van der Waals surface area contributed by atoms with E-state index in [0.29, 0.717) is 12.5 Å². The van der Waals surface area contributed by atoms with Crippen molar-refractivity contribution < 1.29 is 4.79 Å². The van der Waals surface area contributed by atoms with Gasteiger partial charge in [-0.3, -0.25) is 14.5 Å². The van der Waals surface area contributed by atoms with Gasteiger partial charge in [0, 0.05) is 38.1 Å². The molecule has 1 amide bonds. The Bertz CT molecular complexity index is 623. The van der Waals surface area contributed by atoms with Crippen LogP contribution in [-0.4, -0.2) is 38.7 Å². The van der Waals surface area contributed by atoms with Crippen molar-refractivity contribution in [3.63, 3.8) is 0 Å². The second-order valence-electron chi connectivity index (χ2n) is 5.99. The Morgan fingerprint density at radius 2 is 2.18 bits per heavy atom. The first-order valence-electron chi connectivity index (χ1n) is 7.90. The van der Waals surface area contributed by atoms with Crippen LogP contribution in [0.4, 0.5) is 0 Å². The maximum Gasteiger partial charge on any atom is 0.222 e. The molecule has 2 aromatic heterocycles. The SMILES string of the molecule is Cc1cnn(C2CCCN(C(=O)CCc3ccncc3)C2)c1. The van der Waals surface area contributed by atoms with Gasteiger partial charge >= 0.3 is 0 Å². The van der Waals surface area contributed by atoms with E-state index < -0.39 is 0 Å². The van der Waals surface area contributed by atoms with Crippen LogP contribution in [0.3, 0.4) is 0 Å². The molecular formula is C17H22N4O. The first-order valence-corrected chi connectivity index (χ1v) is 7.90. The van der Waals surface area contributed by atoms with E-state index in [0.717, 1.165) is 32.4 Å². The molecule has 0 spiro atoms. The number of pyridine rings is 1. The average Bonchev–Trinajstić information content (AvgIpc) is 3.00. The molecule has 0 aliphatic carbocycles. The minimum Gasteiger partial charge on any atom is -0.341 e. The Morgan fingerprint density at radius 3 is 2.91 bits per heavy atom. The first kappa shape index (κ1) is 14.8. The van der Waals surface area contributed by atoms with Crippen LogP contribution in [-0.2, 0) is 11.2 Å². The van der Waals surface area contributed by atoms with Gasteiger partial charge in [-0.05, 0) is 49.4 Å². The van der Waals surface area contributed by atoms with Crippen LogP contribution in [0.25, 0.3) is 0 Å². The second kappa shape index (κ2) is 6.73. The molecule has 1 aliphatic rings. The molecule has 1 fully saturated rings. The summed E-state index contributed by atoms with van der Waals surface area (Å²) < 4.78 is 2.01. The number of aryl methyl sites for hydroxylation is 2. The zero-order chi connectivity index (χ0) is 15.4. The van der Waals surface area contributed by atoms with Crippen molar-refractivity contribution in [3.8, 4) is 0 Å². The monoisotopic (exact) mass is 298 g/mol. The number of carbonyl (C=O) groups is 1. The largest absolute Gasteiger partial charge is 0.341 e. The van der Waals surface area contributed by atoms with E-state index >= 15 is 0 Å². The summed E-state index contributed by atoms with van der Waals surface area (Å²) in [7, 11) is 0. The summed E-state index contributed by atoms with van der Waals surface area (Å²) in [4.78, 5) is 18.4. The number of nitrogens with zero attached hydrogens (tertiary/aromatic N) is 4. The Labute approximate surface area is 131 Å². The Balaban J connectivity index is 1.56. The van der Waals surface area contributed by atoms with Crippen LogP contribution in [0.15, 0.2) is 36.9 Å². The fourth-order valence-electron chi connectivity index (χ4n) is 2.99. The van der Waals surface area contributed by atoms with E-state index in [9.17, 15) is 4.79 Å². The molecule has 0 aromatic carbocycles. The highest BCUT2D eigenvalue weighted by Crippen LogP contribution is 2.22. The molecule has 5 nitrogen and oxygen atoms in total. The number of hydrogen-bond acceptors (Lipinski definition) is 3. The third-order valence-corrected chi connectivity index (χ3v) is 4.23. The third-order valence-electron chi connectivity index (χ3n) is 4.23. The van der Waals surface area contributed by atoms with Gasteiger partial charge in [0.1, 0.15) is 0 Å². The maximum atomic E-state index is 12.4. The quantitative estimate of drug-likeness (QED) is 0.871. The molecule has 1 saturated heterocycles. The number of rotatable bonds is 4. The summed E-state index contributed by atoms with van der Waals surface area (Å²) in [5.41, 5.74) is 2.33. The summed E-state index contributed by atoms with van der Waals surface area (Å²) >= 11 is 0. The van der Waals surface area contributed by atoms with Crippen LogP contribution in [0.5, 0.6) is 0 Å². The molecule has 22 heavy (non-hydrogen) atoms. The molecule has 0 radical (unpaired) electrons. The zero-order valence-electron chi connectivity index (χ0n) is 13.0. The predicted molar refractivity (Wildman–Crippen MR) is 84.4 cm³/mol. The average molecular weight is 298 g/mol. The summed E-state index contributed by atoms with van der Waals surface area (Å²) in [6.07, 6.45) is 11.0. The predicted octanol–water partition coefficient (Wildman–Crippen LogP) is 2.38. The van der Waals surface area contributed by atoms with Gasteiger partial charge in [-0.25, -0.2) is 0 Å². The lowest BCUT2D eigenvalue weighted by atomic mass is 10.0. The van der Waals surface area contributed by atoms with Crippen molar-refractivity contribution in [1.82, 2.24) is 19.7 Å². The highest BCUT2D eigenvalue weighted by Gasteiger charge is 2.24. The van der Waals surface area contributed by atoms with E-state index in [1.807, 2.05) is 34.8 Å². The number of piperidine rings is 1. The lowest BCUT2D eigenvalue weighted by Gasteiger charge is -2.33. The van der Waals surface area contributed by atoms with Crippen molar-refractivity contribution in [2.24, 2.45) is 0 Å². The molecule has 1 unspecified atom stereocenters. The molecule has 2 aromatic rings. The van der Waals surface area contributed by atoms with Gasteiger partial charge in [-0.1, -0.05) is 0 Å². The zero-order valence-corrected chi connectivity index (χ0v) is 13.0. The molecule has 1 atom stereocenters. The minimum atomic E-state index is 0.241. The van der Waals surface area contributed by atoms with Crippen molar-refractivity contribution in [3.05, 3.63) is 48.0 Å². The van der Waals surface area contributed by atoms with Gasteiger partial charge < -0.3 is 4.90 Å². The molecule has 116 valence electrons. The Morgan fingerprint density at radius 1 is 1.36 bits per heavy atom. The van der Waals surface area contributed by atoms with E-state index in [4.69, 9.17) is 0 Å². The van der Waals surface area contributed by atoms with Crippen molar-refractivity contribution in [1.29, 1.82) is 0 Å². The van der Waals surface area contributed by atoms with Crippen molar-refractivity contribution in [2.45, 2.75) is 38.6 Å². The number of hydrogen-bond donors (Lipinski definition) is 0. The number of aromatic nitrogens is 3. The van der Waals surface area contributed by atoms with E-state index in [2.05, 4.69) is 16.3 Å². The van der Waals surface area contributed by atoms with Gasteiger partial charge in [0.2, 0.25) is 5.91 Å². The normalized spacial score (nSPS) is 18.4. The molecule has 5 heteroatoms. The first-order chi connectivity index (χ1) is 10.7. The van der Waals surface area contributed by atoms with Crippen LogP contribution in [0.1, 0.15) is 36.4 Å². The van der Waals surface area contributed by atoms with Gasteiger partial charge in [-0.15, -0.1) is 0 Å². The summed E-state index contributed by atoms with van der Waals surface area (Å²) in [6.45, 7) is 3.69. The Hall–Kier alpha value is -2.17. The van der Waals surface area contributed by atoms with E-state index in [1.54, 1.807) is 12.4 Å². The molecule has 0 saturated carbocycles. The standard InChI is InChI=1S/C17H22N4O/c1-14-11-19-21(12-14)16-3-2-10-20(13-16)17(22)5-4-15-6-8-18-9-7-15/h6-9,11-12,16H,2-5,10,13H2,1H3. The fraction of sp³-hybridized carbons (Fsp3) is 0.471. The smallest absolute Gasteiger partial charge is 0.222 e. The summed E-state index contributed by atoms with van der Waals surface area (Å²) in [5.74, 6) is 0.241. The van der Waals surface area contributed by atoms with Crippen LogP contribution in [0, 0.1) is 6.92 Å². The third kappa shape index (κ3) is 3.53. The minimum absolute atomic E-state index is 0.241. The maximum absolute atomic E-state index is 12.4. The molecule has 0 bridgehead atoms. The van der Waals surface area contributed by atoms with Gasteiger partial charge in [0.25, 0.3) is 0 Å². The number of likely N-dealkylation sites (tertiary alicyclic amines) is 1. The second-order valence-corrected chi connectivity index (χ2v) is 5.99. The van der Waals surface area contributed by atoms with Gasteiger partial charge in [-0.2, -0.15) is 5.10 Å². The lowest BCUT2D eigenvalue weighted by molar-refractivity contribution is -0.132. The van der Waals surface area contributed by atoms with Crippen LogP contribution >= 0.6 is 0 Å². The lowest BCUT2D eigenvalue weighted by Crippen LogP contribution is -2.40. The Kier molecular flexibility index (Phi) is 4.51. The van der Waals surface area contributed by atoms with Crippen molar-refractivity contribution in [2.75, 3.05) is 13.1 Å². The molecule has 3 rings (SSSR count). The van der Waals surface area contributed by atoms with Gasteiger partial charge in [0.15, 0.2) is 0 Å². The molecule has 3 heterocycles. The summed E-state index contributed by atoms with van der Waals surface area (Å²) in [6, 6.07) is 4.25. The highest BCUT2D eigenvalue weighted by molar-refractivity contribution is 5.76. The molecule has 0 N–H and O–H groups in total. The van der Waals surface area contributed by atoms with Gasteiger partial charge in [0.05, 0.1) is 12.2 Å². The van der Waals surface area contributed by atoms with E-state index in [-0.39, 0.29) is 5.91 Å². The topological polar surface area (TPSA) is 51.0 Å². The number of amides is 1. The van der Waals surface area contributed by atoms with Crippen LogP contribution in [0.2, 0.25) is 0 Å². The van der Waals surface area contributed by atoms with Crippen LogP contribution < -0.4 is 0 Å². The number of carbonyl (C=O) groups excluding carboxylic acids is 1. The highest BCUT2D eigenvalue weighted by atomic mass is 16.2. The molecule has 1 aliphatic heterocycles.